The van der Waals surface area contributed by atoms with Crippen LogP contribution >= 0.6 is 0 Å². The SMILES string of the molecule is C[C@@H](Nc1cc(N2CCN(C(=O)C3CC3)CC2)nc2nc(C3CC3)nn12)c1ccc2ccccc2c1. The van der Waals surface area contributed by atoms with E-state index >= 15 is 0 Å². The van der Waals surface area contributed by atoms with Crippen molar-refractivity contribution in [3.63, 3.8) is 0 Å². The molecule has 1 amide bonds. The molecule has 1 saturated heterocycles. The van der Waals surface area contributed by atoms with Gasteiger partial charge in [-0.3, -0.25) is 4.79 Å². The molecular formula is C28H31N7O. The number of hydrogen-bond donors (Lipinski definition) is 1. The lowest BCUT2D eigenvalue weighted by atomic mass is 10.0. The van der Waals surface area contributed by atoms with Crippen LogP contribution in [-0.4, -0.2) is 56.6 Å². The third kappa shape index (κ3) is 4.04. The quantitative estimate of drug-likeness (QED) is 0.440. The number of carbonyl (C=O) groups excluding carboxylic acids is 1. The molecule has 0 radical (unpaired) electrons. The Kier molecular flexibility index (Phi) is 5.08. The highest BCUT2D eigenvalue weighted by molar-refractivity contribution is 5.83. The summed E-state index contributed by atoms with van der Waals surface area (Å²) >= 11 is 0. The average molecular weight is 482 g/mol. The average Bonchev–Trinajstić information content (AvgIpc) is 3.85. The van der Waals surface area contributed by atoms with E-state index in [0.29, 0.717) is 17.6 Å². The molecule has 7 rings (SSSR count). The van der Waals surface area contributed by atoms with Crippen molar-refractivity contribution in [2.24, 2.45) is 5.92 Å². The lowest BCUT2D eigenvalue weighted by molar-refractivity contribution is -0.132. The summed E-state index contributed by atoms with van der Waals surface area (Å²) in [5, 5.41) is 11.0. The van der Waals surface area contributed by atoms with Gasteiger partial charge >= 0.3 is 0 Å². The zero-order chi connectivity index (χ0) is 24.2. The maximum absolute atomic E-state index is 12.5. The van der Waals surface area contributed by atoms with Gasteiger partial charge in [-0.05, 0) is 55.0 Å². The first-order chi connectivity index (χ1) is 17.6. The molecule has 8 nitrogen and oxygen atoms in total. The normalized spacial score (nSPS) is 19.1. The molecule has 4 aromatic rings. The van der Waals surface area contributed by atoms with Gasteiger partial charge in [0.15, 0.2) is 5.82 Å². The zero-order valence-corrected chi connectivity index (χ0v) is 20.6. The Bertz CT molecular complexity index is 1450. The second-order valence-electron chi connectivity index (χ2n) is 10.5. The Morgan fingerprint density at radius 1 is 0.944 bits per heavy atom. The van der Waals surface area contributed by atoms with Crippen molar-refractivity contribution in [2.75, 3.05) is 36.4 Å². The molecule has 2 aromatic heterocycles. The maximum atomic E-state index is 12.5. The Balaban J connectivity index is 1.18. The summed E-state index contributed by atoms with van der Waals surface area (Å²) in [6.07, 6.45) is 4.41. The van der Waals surface area contributed by atoms with E-state index < -0.39 is 0 Å². The topological polar surface area (TPSA) is 78.7 Å². The number of anilines is 2. The molecule has 36 heavy (non-hydrogen) atoms. The van der Waals surface area contributed by atoms with Gasteiger partial charge in [-0.2, -0.15) is 14.5 Å². The minimum atomic E-state index is 0.0784. The third-order valence-corrected chi connectivity index (χ3v) is 7.74. The Morgan fingerprint density at radius 3 is 2.47 bits per heavy atom. The number of hydrogen-bond acceptors (Lipinski definition) is 6. The summed E-state index contributed by atoms with van der Waals surface area (Å²) in [6, 6.07) is 17.2. The molecule has 2 aliphatic carbocycles. The summed E-state index contributed by atoms with van der Waals surface area (Å²) in [5.41, 5.74) is 1.22. The van der Waals surface area contributed by atoms with Gasteiger partial charge in [-0.15, -0.1) is 5.10 Å². The molecule has 3 aliphatic rings. The lowest BCUT2D eigenvalue weighted by Crippen LogP contribution is -2.49. The summed E-state index contributed by atoms with van der Waals surface area (Å²) in [4.78, 5) is 26.5. The lowest BCUT2D eigenvalue weighted by Gasteiger charge is -2.35. The van der Waals surface area contributed by atoms with E-state index in [1.807, 2.05) is 9.42 Å². The second-order valence-corrected chi connectivity index (χ2v) is 10.5. The first-order valence-electron chi connectivity index (χ1n) is 13.2. The van der Waals surface area contributed by atoms with Crippen molar-refractivity contribution < 1.29 is 4.79 Å². The first-order valence-corrected chi connectivity index (χ1v) is 13.2. The number of carbonyl (C=O) groups is 1. The van der Waals surface area contributed by atoms with Crippen LogP contribution in [0.5, 0.6) is 0 Å². The number of benzene rings is 2. The highest BCUT2D eigenvalue weighted by atomic mass is 16.2. The highest BCUT2D eigenvalue weighted by Gasteiger charge is 2.35. The van der Waals surface area contributed by atoms with Crippen LogP contribution in [0.4, 0.5) is 11.6 Å². The van der Waals surface area contributed by atoms with Gasteiger partial charge in [0.2, 0.25) is 5.91 Å². The highest BCUT2D eigenvalue weighted by Crippen LogP contribution is 2.38. The standard InChI is InChI=1S/C28H31N7O/c1-18(22-11-6-19-4-2-3-5-23(19)16-22)29-25-17-24(30-28-31-26(20-7-8-20)32-35(25)28)33-12-14-34(15-13-33)27(36)21-9-10-21/h2-6,11,16-18,20-21,29H,7-10,12-15H2,1H3/t18-/m1/s1. The maximum Gasteiger partial charge on any atom is 0.256 e. The molecule has 1 N–H and O–H groups in total. The molecule has 3 heterocycles. The fourth-order valence-corrected chi connectivity index (χ4v) is 5.18. The number of nitrogens with zero attached hydrogens (tertiary/aromatic N) is 6. The van der Waals surface area contributed by atoms with Crippen molar-refractivity contribution in [1.82, 2.24) is 24.5 Å². The van der Waals surface area contributed by atoms with Crippen molar-refractivity contribution >= 4 is 34.1 Å². The van der Waals surface area contributed by atoms with Crippen LogP contribution in [-0.2, 0) is 4.79 Å². The van der Waals surface area contributed by atoms with Gasteiger partial charge in [-0.1, -0.05) is 36.4 Å². The van der Waals surface area contributed by atoms with E-state index in [9.17, 15) is 4.79 Å². The van der Waals surface area contributed by atoms with Gasteiger partial charge in [0, 0.05) is 50.1 Å². The van der Waals surface area contributed by atoms with E-state index in [1.165, 1.54) is 16.3 Å². The first kappa shape index (κ1) is 21.6. The third-order valence-electron chi connectivity index (χ3n) is 7.74. The number of piperazine rings is 1. The Labute approximate surface area is 210 Å². The summed E-state index contributed by atoms with van der Waals surface area (Å²) in [7, 11) is 0. The fourth-order valence-electron chi connectivity index (χ4n) is 5.18. The van der Waals surface area contributed by atoms with E-state index in [4.69, 9.17) is 15.1 Å². The van der Waals surface area contributed by atoms with Crippen molar-refractivity contribution in [3.05, 3.63) is 59.9 Å². The zero-order valence-electron chi connectivity index (χ0n) is 20.6. The van der Waals surface area contributed by atoms with Crippen LogP contribution < -0.4 is 10.2 Å². The number of fused-ring (bicyclic) bond motifs is 2. The Hall–Kier alpha value is -3.68. The minimum absolute atomic E-state index is 0.0784. The number of aromatic nitrogens is 4. The molecule has 0 bridgehead atoms. The largest absolute Gasteiger partial charge is 0.363 e. The molecule has 2 saturated carbocycles. The van der Waals surface area contributed by atoms with E-state index in [0.717, 1.165) is 69.3 Å². The summed E-state index contributed by atoms with van der Waals surface area (Å²) in [5.74, 6) is 4.37. The van der Waals surface area contributed by atoms with E-state index in [2.05, 4.69) is 65.7 Å². The fraction of sp³-hybridized carbons (Fsp3) is 0.429. The van der Waals surface area contributed by atoms with Gasteiger partial charge in [0.1, 0.15) is 11.6 Å². The summed E-state index contributed by atoms with van der Waals surface area (Å²) in [6.45, 7) is 5.24. The molecule has 1 atom stereocenters. The Morgan fingerprint density at radius 2 is 1.72 bits per heavy atom. The summed E-state index contributed by atoms with van der Waals surface area (Å²) < 4.78 is 1.86. The number of rotatable bonds is 6. The molecule has 0 unspecified atom stereocenters. The predicted molar refractivity (Wildman–Crippen MR) is 140 cm³/mol. The second kappa shape index (κ2) is 8.47. The number of nitrogens with one attached hydrogen (secondary N) is 1. The smallest absolute Gasteiger partial charge is 0.256 e. The molecular weight excluding hydrogens is 450 g/mol. The van der Waals surface area contributed by atoms with Gasteiger partial charge in [-0.25, -0.2) is 0 Å². The molecule has 8 heteroatoms. The monoisotopic (exact) mass is 481 g/mol. The van der Waals surface area contributed by atoms with E-state index in [1.54, 1.807) is 0 Å². The van der Waals surface area contributed by atoms with Gasteiger partial charge in [0.25, 0.3) is 5.78 Å². The van der Waals surface area contributed by atoms with Crippen molar-refractivity contribution in [1.29, 1.82) is 0 Å². The van der Waals surface area contributed by atoms with Crippen LogP contribution in [0.2, 0.25) is 0 Å². The van der Waals surface area contributed by atoms with Crippen molar-refractivity contribution in [2.45, 2.75) is 44.6 Å². The van der Waals surface area contributed by atoms with Gasteiger partial charge in [0.05, 0.1) is 0 Å². The van der Waals surface area contributed by atoms with Crippen LogP contribution in [0.3, 0.4) is 0 Å². The minimum Gasteiger partial charge on any atom is -0.363 e. The van der Waals surface area contributed by atoms with Crippen LogP contribution in [0, 0.1) is 5.92 Å². The molecule has 0 spiro atoms. The molecule has 2 aromatic carbocycles. The predicted octanol–water partition coefficient (Wildman–Crippen LogP) is 4.39. The van der Waals surface area contributed by atoms with Crippen molar-refractivity contribution in [3.8, 4) is 0 Å². The molecule has 184 valence electrons. The van der Waals surface area contributed by atoms with Crippen LogP contribution in [0.1, 0.15) is 56.0 Å². The molecule has 3 fully saturated rings. The van der Waals surface area contributed by atoms with Gasteiger partial charge < -0.3 is 15.1 Å². The number of amides is 1. The van der Waals surface area contributed by atoms with E-state index in [-0.39, 0.29) is 12.0 Å². The van der Waals surface area contributed by atoms with Crippen LogP contribution in [0.25, 0.3) is 16.6 Å². The van der Waals surface area contributed by atoms with Crippen LogP contribution in [0.15, 0.2) is 48.5 Å². The molecule has 1 aliphatic heterocycles.